The van der Waals surface area contributed by atoms with Crippen LogP contribution in [0.5, 0.6) is 0 Å². The monoisotopic (exact) mass is 361 g/mol. The van der Waals surface area contributed by atoms with E-state index in [1.54, 1.807) is 12.3 Å². The molecule has 0 aliphatic rings. The molecule has 1 unspecified atom stereocenters. The predicted molar refractivity (Wildman–Crippen MR) is 106 cm³/mol. The number of amides is 1. The van der Waals surface area contributed by atoms with Gasteiger partial charge in [-0.2, -0.15) is 0 Å². The summed E-state index contributed by atoms with van der Waals surface area (Å²) in [6, 6.07) is 17.4. The highest BCUT2D eigenvalue weighted by atomic mass is 32.1. The van der Waals surface area contributed by atoms with Crippen molar-refractivity contribution in [2.45, 2.75) is 19.8 Å². The van der Waals surface area contributed by atoms with Crippen LogP contribution in [0.1, 0.15) is 30.9 Å². The predicted octanol–water partition coefficient (Wildman–Crippen LogP) is 5.49. The van der Waals surface area contributed by atoms with E-state index in [1.165, 1.54) is 11.3 Å². The summed E-state index contributed by atoms with van der Waals surface area (Å²) in [4.78, 5) is 20.8. The Morgan fingerprint density at radius 1 is 1.15 bits per heavy atom. The van der Waals surface area contributed by atoms with E-state index < -0.39 is 5.41 Å². The normalized spacial score (nSPS) is 12.2. The highest BCUT2D eigenvalue weighted by molar-refractivity contribution is 7.13. The molecule has 0 spiro atoms. The number of benzene rings is 2. The van der Waals surface area contributed by atoms with Gasteiger partial charge in [0.2, 0.25) is 5.91 Å². The van der Waals surface area contributed by atoms with Crippen LogP contribution in [0.25, 0.3) is 4.85 Å². The Bertz CT molecular complexity index is 927. The minimum Gasteiger partial charge on any atom is -0.301 e. The summed E-state index contributed by atoms with van der Waals surface area (Å²) in [6.07, 6.45) is 1.67. The fourth-order valence-corrected chi connectivity index (χ4v) is 3.64. The van der Waals surface area contributed by atoms with Gasteiger partial charge in [0.15, 0.2) is 10.8 Å². The molecule has 0 saturated heterocycles. The third-order valence-electron chi connectivity index (χ3n) is 4.43. The molecule has 0 bridgehead atoms. The van der Waals surface area contributed by atoms with Gasteiger partial charge in [-0.1, -0.05) is 68.4 Å². The van der Waals surface area contributed by atoms with Gasteiger partial charge in [0.25, 0.3) is 0 Å². The molecule has 130 valence electrons. The van der Waals surface area contributed by atoms with Crippen molar-refractivity contribution in [2.24, 2.45) is 5.41 Å². The van der Waals surface area contributed by atoms with E-state index in [0.717, 1.165) is 11.1 Å². The van der Waals surface area contributed by atoms with Crippen LogP contribution in [0.15, 0.2) is 66.2 Å². The maximum Gasteiger partial charge on any atom is 0.232 e. The molecule has 3 rings (SSSR count). The van der Waals surface area contributed by atoms with E-state index in [0.29, 0.717) is 10.8 Å². The summed E-state index contributed by atoms with van der Waals surface area (Å²) < 4.78 is 0. The van der Waals surface area contributed by atoms with Crippen molar-refractivity contribution < 1.29 is 4.79 Å². The van der Waals surface area contributed by atoms with Crippen molar-refractivity contribution in [2.75, 3.05) is 5.32 Å². The fourth-order valence-electron chi connectivity index (χ4n) is 3.12. The molecule has 1 atom stereocenters. The van der Waals surface area contributed by atoms with E-state index in [1.807, 2.05) is 67.8 Å². The van der Waals surface area contributed by atoms with Crippen LogP contribution in [-0.2, 0) is 4.79 Å². The van der Waals surface area contributed by atoms with Crippen LogP contribution in [0.3, 0.4) is 0 Å². The van der Waals surface area contributed by atoms with Crippen molar-refractivity contribution in [1.29, 1.82) is 0 Å². The van der Waals surface area contributed by atoms with Crippen LogP contribution in [0.2, 0.25) is 0 Å². The summed E-state index contributed by atoms with van der Waals surface area (Å²) in [6.45, 7) is 11.2. The number of carbonyl (C=O) groups excluding carboxylic acids is 1. The molecule has 3 aromatic rings. The Morgan fingerprint density at radius 2 is 1.88 bits per heavy atom. The smallest absolute Gasteiger partial charge is 0.232 e. The lowest BCUT2D eigenvalue weighted by molar-refractivity contribution is -0.124. The molecule has 1 aromatic heterocycles. The van der Waals surface area contributed by atoms with E-state index >= 15 is 0 Å². The number of thiazole rings is 1. The zero-order chi connectivity index (χ0) is 18.6. The second kappa shape index (κ2) is 7.51. The lowest BCUT2D eigenvalue weighted by Crippen LogP contribution is -2.37. The van der Waals surface area contributed by atoms with Crippen LogP contribution < -0.4 is 5.32 Å². The first kappa shape index (κ1) is 17.8. The molecule has 4 nitrogen and oxygen atoms in total. The summed E-state index contributed by atoms with van der Waals surface area (Å²) in [7, 11) is 0. The standard InChI is InChI=1S/C21H19N3OS/c1-21(2,19(25)24-20-23-12-13-26-20)18(15-8-5-4-6-9-15)16-10-7-11-17(14-16)22-3/h4-14,18H,1-2H3,(H,23,24,25). The summed E-state index contributed by atoms with van der Waals surface area (Å²) in [5.74, 6) is -0.292. The Morgan fingerprint density at radius 3 is 2.54 bits per heavy atom. The highest BCUT2D eigenvalue weighted by Crippen LogP contribution is 2.42. The Labute approximate surface area is 157 Å². The molecular formula is C21H19N3OS. The molecule has 26 heavy (non-hydrogen) atoms. The molecule has 2 aromatic carbocycles. The van der Waals surface area contributed by atoms with E-state index in [2.05, 4.69) is 15.1 Å². The lowest BCUT2D eigenvalue weighted by Gasteiger charge is -2.34. The summed E-state index contributed by atoms with van der Waals surface area (Å²) in [5.41, 5.74) is 1.81. The first-order chi connectivity index (χ1) is 12.5. The van der Waals surface area contributed by atoms with Crippen molar-refractivity contribution >= 4 is 28.1 Å². The van der Waals surface area contributed by atoms with Crippen LogP contribution in [-0.4, -0.2) is 10.9 Å². The Balaban J connectivity index is 2.04. The highest BCUT2D eigenvalue weighted by Gasteiger charge is 2.39. The topological polar surface area (TPSA) is 46.4 Å². The van der Waals surface area contributed by atoms with E-state index in [9.17, 15) is 4.79 Å². The van der Waals surface area contributed by atoms with Crippen LogP contribution >= 0.6 is 11.3 Å². The van der Waals surface area contributed by atoms with Crippen LogP contribution in [0, 0.1) is 12.0 Å². The Kier molecular flexibility index (Phi) is 5.15. The fraction of sp³-hybridized carbons (Fsp3) is 0.190. The zero-order valence-electron chi connectivity index (χ0n) is 14.6. The summed E-state index contributed by atoms with van der Waals surface area (Å²) >= 11 is 1.39. The molecule has 1 amide bonds. The van der Waals surface area contributed by atoms with Crippen molar-refractivity contribution in [3.05, 3.63) is 88.7 Å². The van der Waals surface area contributed by atoms with Gasteiger partial charge in [0.1, 0.15) is 0 Å². The molecule has 0 saturated carbocycles. The first-order valence-corrected chi connectivity index (χ1v) is 9.13. The van der Waals surface area contributed by atoms with E-state index in [-0.39, 0.29) is 11.8 Å². The molecule has 0 fully saturated rings. The van der Waals surface area contributed by atoms with Gasteiger partial charge in [0, 0.05) is 17.5 Å². The van der Waals surface area contributed by atoms with Crippen molar-refractivity contribution in [1.82, 2.24) is 4.98 Å². The average molecular weight is 361 g/mol. The van der Waals surface area contributed by atoms with Gasteiger partial charge < -0.3 is 5.32 Å². The van der Waals surface area contributed by atoms with Gasteiger partial charge in [-0.05, 0) is 11.1 Å². The van der Waals surface area contributed by atoms with Gasteiger partial charge in [0.05, 0.1) is 12.0 Å². The molecule has 0 aliphatic heterocycles. The quantitative estimate of drug-likeness (QED) is 0.611. The number of hydrogen-bond acceptors (Lipinski definition) is 3. The first-order valence-electron chi connectivity index (χ1n) is 8.25. The van der Waals surface area contributed by atoms with E-state index in [4.69, 9.17) is 6.57 Å². The molecular weight excluding hydrogens is 342 g/mol. The molecule has 1 N–H and O–H groups in total. The number of nitrogens with zero attached hydrogens (tertiary/aromatic N) is 2. The second-order valence-corrected chi connectivity index (χ2v) is 7.46. The third kappa shape index (κ3) is 3.66. The van der Waals surface area contributed by atoms with Crippen molar-refractivity contribution in [3.63, 3.8) is 0 Å². The number of hydrogen-bond donors (Lipinski definition) is 1. The zero-order valence-corrected chi connectivity index (χ0v) is 15.5. The molecule has 0 aliphatic carbocycles. The number of anilines is 1. The molecule has 0 radical (unpaired) electrons. The second-order valence-electron chi connectivity index (χ2n) is 6.56. The lowest BCUT2D eigenvalue weighted by atomic mass is 9.70. The number of rotatable bonds is 5. The third-order valence-corrected chi connectivity index (χ3v) is 5.11. The number of nitrogens with one attached hydrogen (secondary N) is 1. The Hall–Kier alpha value is -2.97. The SMILES string of the molecule is [C-]#[N+]c1cccc(C(c2ccccc2)C(C)(C)C(=O)Nc2nccs2)c1. The maximum absolute atomic E-state index is 13.1. The minimum absolute atomic E-state index is 0.102. The van der Waals surface area contributed by atoms with Gasteiger partial charge >= 0.3 is 0 Å². The largest absolute Gasteiger partial charge is 0.301 e. The number of carbonyl (C=O) groups is 1. The molecule has 1 heterocycles. The van der Waals surface area contributed by atoms with Gasteiger partial charge in [-0.3, -0.25) is 4.79 Å². The van der Waals surface area contributed by atoms with Gasteiger partial charge in [-0.25, -0.2) is 9.83 Å². The minimum atomic E-state index is -0.742. The van der Waals surface area contributed by atoms with Crippen molar-refractivity contribution in [3.8, 4) is 0 Å². The molecule has 5 heteroatoms. The maximum atomic E-state index is 13.1. The van der Waals surface area contributed by atoms with Gasteiger partial charge in [-0.15, -0.1) is 11.3 Å². The summed E-state index contributed by atoms with van der Waals surface area (Å²) in [5, 5.41) is 5.34. The van der Waals surface area contributed by atoms with Crippen LogP contribution in [0.4, 0.5) is 10.8 Å². The number of aromatic nitrogens is 1. The average Bonchev–Trinajstić information content (AvgIpc) is 3.16.